The molecule has 5 rings (SSSR count). The molecule has 3 aromatic rings. The number of benzene rings is 1. The lowest BCUT2D eigenvalue weighted by Gasteiger charge is -2.19. The van der Waals surface area contributed by atoms with E-state index >= 15 is 0 Å². The van der Waals surface area contributed by atoms with Crippen molar-refractivity contribution in [3.05, 3.63) is 35.6 Å². The van der Waals surface area contributed by atoms with Crippen molar-refractivity contribution in [2.24, 2.45) is 7.05 Å². The number of piperidine rings is 1. The second kappa shape index (κ2) is 9.85. The molecular weight excluding hydrogens is 452 g/mol. The molecule has 2 aromatic heterocycles. The number of rotatable bonds is 7. The number of hydrogen-bond acceptors (Lipinski definition) is 8. The Bertz CT molecular complexity index is 1260. The molecule has 184 valence electrons. The van der Waals surface area contributed by atoms with Gasteiger partial charge in [0.25, 0.3) is 5.91 Å². The Morgan fingerprint density at radius 1 is 1.23 bits per heavy atom. The molecule has 0 bridgehead atoms. The van der Waals surface area contributed by atoms with Crippen molar-refractivity contribution >= 4 is 28.6 Å². The Morgan fingerprint density at radius 3 is 2.86 bits per heavy atom. The standard InChI is InChI=1S/C24H28N6O5/c1-30-18-11-15(7-8-16(18)22(28-30)17-9-10-19(31)26-24(17)33)34-13-20(32)25-12-21-27-23(29-35-21)14-5-3-2-4-6-14/h7-8,11,14,17H,2-6,9-10,12-13H2,1H3,(H,25,32)(H,26,31,33). The average Bonchev–Trinajstić information content (AvgIpc) is 3.47. The minimum atomic E-state index is -0.475. The molecule has 2 aliphatic rings. The second-order valence-corrected chi connectivity index (χ2v) is 9.14. The Labute approximate surface area is 201 Å². The van der Waals surface area contributed by atoms with E-state index < -0.39 is 5.92 Å². The lowest BCUT2D eigenvalue weighted by atomic mass is 9.89. The molecule has 1 unspecified atom stereocenters. The van der Waals surface area contributed by atoms with Crippen LogP contribution in [-0.2, 0) is 28.0 Å². The van der Waals surface area contributed by atoms with Gasteiger partial charge < -0.3 is 14.6 Å². The third kappa shape index (κ3) is 5.03. The summed E-state index contributed by atoms with van der Waals surface area (Å²) in [6.45, 7) is -0.0228. The van der Waals surface area contributed by atoms with E-state index in [1.807, 2.05) is 6.07 Å². The number of carbonyl (C=O) groups is 3. The number of aryl methyl sites for hydroxylation is 1. The number of hydrogen-bond donors (Lipinski definition) is 2. The number of aromatic nitrogens is 4. The summed E-state index contributed by atoms with van der Waals surface area (Å²) in [6.07, 6.45) is 6.50. The molecule has 2 fully saturated rings. The minimum absolute atomic E-state index is 0.151. The van der Waals surface area contributed by atoms with Gasteiger partial charge in [0.1, 0.15) is 5.75 Å². The van der Waals surface area contributed by atoms with E-state index in [4.69, 9.17) is 9.26 Å². The van der Waals surface area contributed by atoms with E-state index in [1.165, 1.54) is 19.3 Å². The van der Waals surface area contributed by atoms with E-state index in [-0.39, 0.29) is 37.3 Å². The number of nitrogens with one attached hydrogen (secondary N) is 2. The van der Waals surface area contributed by atoms with Crippen LogP contribution in [0.2, 0.25) is 0 Å². The number of nitrogens with zero attached hydrogens (tertiary/aromatic N) is 4. The molecule has 11 heteroatoms. The predicted molar refractivity (Wildman–Crippen MR) is 123 cm³/mol. The third-order valence-electron chi connectivity index (χ3n) is 6.68. The molecule has 35 heavy (non-hydrogen) atoms. The second-order valence-electron chi connectivity index (χ2n) is 9.14. The summed E-state index contributed by atoms with van der Waals surface area (Å²) in [4.78, 5) is 40.5. The summed E-state index contributed by atoms with van der Waals surface area (Å²) in [5.41, 5.74) is 1.40. The highest BCUT2D eigenvalue weighted by molar-refractivity contribution is 6.02. The number of amides is 3. The molecule has 0 spiro atoms. The van der Waals surface area contributed by atoms with Gasteiger partial charge in [0, 0.05) is 30.8 Å². The molecule has 3 heterocycles. The van der Waals surface area contributed by atoms with Crippen molar-refractivity contribution in [1.82, 2.24) is 30.6 Å². The summed E-state index contributed by atoms with van der Waals surface area (Å²) in [7, 11) is 1.78. The first kappa shape index (κ1) is 23.0. The normalized spacial score (nSPS) is 19.1. The van der Waals surface area contributed by atoms with Crippen LogP contribution in [0.1, 0.15) is 74.2 Å². The van der Waals surface area contributed by atoms with E-state index in [0.717, 1.165) is 29.6 Å². The zero-order valence-corrected chi connectivity index (χ0v) is 19.6. The van der Waals surface area contributed by atoms with Crippen LogP contribution in [0.3, 0.4) is 0 Å². The highest BCUT2D eigenvalue weighted by Gasteiger charge is 2.31. The highest BCUT2D eigenvalue weighted by atomic mass is 16.5. The molecule has 0 radical (unpaired) electrons. The molecule has 1 saturated heterocycles. The minimum Gasteiger partial charge on any atom is -0.484 e. The topological polar surface area (TPSA) is 141 Å². The number of fused-ring (bicyclic) bond motifs is 1. The monoisotopic (exact) mass is 480 g/mol. The SMILES string of the molecule is Cn1nc(C2CCC(=O)NC2=O)c2ccc(OCC(=O)NCc3nc(C4CCCCC4)no3)cc21. The molecular formula is C24H28N6O5. The van der Waals surface area contributed by atoms with Crippen molar-refractivity contribution in [2.75, 3.05) is 6.61 Å². The van der Waals surface area contributed by atoms with Gasteiger partial charge in [-0.25, -0.2) is 0 Å². The summed E-state index contributed by atoms with van der Waals surface area (Å²) >= 11 is 0. The van der Waals surface area contributed by atoms with E-state index in [1.54, 1.807) is 23.9 Å². The van der Waals surface area contributed by atoms with Gasteiger partial charge in [0.15, 0.2) is 12.4 Å². The number of carbonyl (C=O) groups excluding carboxylic acids is 3. The highest BCUT2D eigenvalue weighted by Crippen LogP contribution is 2.32. The zero-order chi connectivity index (χ0) is 24.4. The first-order valence-electron chi connectivity index (χ1n) is 12.0. The molecule has 3 amide bonds. The summed E-state index contributed by atoms with van der Waals surface area (Å²) in [5, 5.41) is 14.5. The van der Waals surface area contributed by atoms with Crippen molar-refractivity contribution in [3.63, 3.8) is 0 Å². The van der Waals surface area contributed by atoms with Crippen LogP contribution in [0.5, 0.6) is 5.75 Å². The van der Waals surface area contributed by atoms with Crippen LogP contribution in [0, 0.1) is 0 Å². The summed E-state index contributed by atoms with van der Waals surface area (Å²) in [5.74, 6) is 0.590. The molecule has 1 atom stereocenters. The van der Waals surface area contributed by atoms with Crippen LogP contribution >= 0.6 is 0 Å². The van der Waals surface area contributed by atoms with Crippen molar-refractivity contribution in [1.29, 1.82) is 0 Å². The smallest absolute Gasteiger partial charge is 0.258 e. The van der Waals surface area contributed by atoms with Gasteiger partial charge in [-0.3, -0.25) is 24.4 Å². The van der Waals surface area contributed by atoms with Gasteiger partial charge in [0.2, 0.25) is 17.7 Å². The molecule has 1 saturated carbocycles. The maximum Gasteiger partial charge on any atom is 0.258 e. The van der Waals surface area contributed by atoms with Crippen LogP contribution in [0.4, 0.5) is 0 Å². The van der Waals surface area contributed by atoms with Gasteiger partial charge in [-0.05, 0) is 31.4 Å². The first-order chi connectivity index (χ1) is 17.0. The predicted octanol–water partition coefficient (Wildman–Crippen LogP) is 2.22. The maximum absolute atomic E-state index is 12.3. The summed E-state index contributed by atoms with van der Waals surface area (Å²) < 4.78 is 12.6. The average molecular weight is 481 g/mol. The fourth-order valence-electron chi connectivity index (χ4n) is 4.81. The van der Waals surface area contributed by atoms with E-state index in [0.29, 0.717) is 29.7 Å². The van der Waals surface area contributed by atoms with Crippen LogP contribution < -0.4 is 15.4 Å². The first-order valence-corrected chi connectivity index (χ1v) is 12.0. The Hall–Kier alpha value is -3.76. The van der Waals surface area contributed by atoms with Gasteiger partial charge in [-0.15, -0.1) is 0 Å². The van der Waals surface area contributed by atoms with Gasteiger partial charge in [-0.2, -0.15) is 10.1 Å². The zero-order valence-electron chi connectivity index (χ0n) is 19.6. The van der Waals surface area contributed by atoms with Crippen molar-refractivity contribution in [2.45, 2.75) is 63.3 Å². The fraction of sp³-hybridized carbons (Fsp3) is 0.500. The molecule has 11 nitrogen and oxygen atoms in total. The van der Waals surface area contributed by atoms with Gasteiger partial charge in [0.05, 0.1) is 23.7 Å². The van der Waals surface area contributed by atoms with Crippen molar-refractivity contribution in [3.8, 4) is 5.75 Å². The lowest BCUT2D eigenvalue weighted by Crippen LogP contribution is -2.39. The third-order valence-corrected chi connectivity index (χ3v) is 6.68. The Balaban J connectivity index is 1.17. The van der Waals surface area contributed by atoms with E-state index in [9.17, 15) is 14.4 Å². The van der Waals surface area contributed by atoms with Crippen LogP contribution in [-0.4, -0.2) is 44.2 Å². The maximum atomic E-state index is 12.3. The Kier molecular flexibility index (Phi) is 6.47. The van der Waals surface area contributed by atoms with Crippen LogP contribution in [0.15, 0.2) is 22.7 Å². The number of imide groups is 1. The van der Waals surface area contributed by atoms with E-state index in [2.05, 4.69) is 25.9 Å². The molecule has 1 aliphatic carbocycles. The van der Waals surface area contributed by atoms with Gasteiger partial charge in [-0.1, -0.05) is 24.4 Å². The molecule has 1 aromatic carbocycles. The molecule has 2 N–H and O–H groups in total. The largest absolute Gasteiger partial charge is 0.484 e. The number of ether oxygens (including phenoxy) is 1. The quantitative estimate of drug-likeness (QED) is 0.491. The van der Waals surface area contributed by atoms with Crippen LogP contribution in [0.25, 0.3) is 10.9 Å². The fourth-order valence-corrected chi connectivity index (χ4v) is 4.81. The summed E-state index contributed by atoms with van der Waals surface area (Å²) in [6, 6.07) is 5.33. The lowest BCUT2D eigenvalue weighted by molar-refractivity contribution is -0.134. The Morgan fingerprint density at radius 2 is 2.06 bits per heavy atom. The van der Waals surface area contributed by atoms with Crippen molar-refractivity contribution < 1.29 is 23.6 Å². The molecule has 1 aliphatic heterocycles. The van der Waals surface area contributed by atoms with Gasteiger partial charge >= 0.3 is 0 Å².